The number of nitriles is 1. The molecule has 2 unspecified atom stereocenters. The summed E-state index contributed by atoms with van der Waals surface area (Å²) >= 11 is 0. The predicted octanol–water partition coefficient (Wildman–Crippen LogP) is 0.730. The highest BCUT2D eigenvalue weighted by Gasteiger charge is 2.35. The third-order valence-electron chi connectivity index (χ3n) is 3.63. The van der Waals surface area contributed by atoms with E-state index in [0.29, 0.717) is 19.4 Å². The van der Waals surface area contributed by atoms with Gasteiger partial charge >= 0.3 is 0 Å². The summed E-state index contributed by atoms with van der Waals surface area (Å²) < 4.78 is 0. The number of hydrogen-bond acceptors (Lipinski definition) is 4. The number of aromatic nitrogens is 1. The van der Waals surface area contributed by atoms with E-state index in [1.807, 2.05) is 12.1 Å². The van der Waals surface area contributed by atoms with E-state index < -0.39 is 0 Å². The molecule has 5 nitrogen and oxygen atoms in total. The minimum absolute atomic E-state index is 0.100. The Kier molecular flexibility index (Phi) is 5.31. The van der Waals surface area contributed by atoms with Crippen LogP contribution in [0.25, 0.3) is 0 Å². The lowest BCUT2D eigenvalue weighted by molar-refractivity contribution is -0.131. The summed E-state index contributed by atoms with van der Waals surface area (Å²) in [4.78, 5) is 17.7. The van der Waals surface area contributed by atoms with Crippen molar-refractivity contribution < 1.29 is 4.79 Å². The summed E-state index contributed by atoms with van der Waals surface area (Å²) in [5.41, 5.74) is 1.17. The molecule has 0 saturated carbocycles. The lowest BCUT2D eigenvalue weighted by Crippen LogP contribution is -2.44. The summed E-state index contributed by atoms with van der Waals surface area (Å²) in [5, 5.41) is 12.2. The molecular weight excluding hydrogens is 264 g/mol. The van der Waals surface area contributed by atoms with Gasteiger partial charge in [0, 0.05) is 12.4 Å². The quantitative estimate of drug-likeness (QED) is 0.638. The first-order chi connectivity index (χ1) is 10.3. The number of carbonyl (C=O) groups excluding carboxylic acids is 1. The molecule has 1 N–H and O–H groups in total. The molecule has 1 aliphatic heterocycles. The maximum atomic E-state index is 12.2. The van der Waals surface area contributed by atoms with Crippen LogP contribution in [0.5, 0.6) is 0 Å². The Balaban J connectivity index is 1.79. The highest BCUT2D eigenvalue weighted by molar-refractivity contribution is 5.80. The number of likely N-dealkylation sites (tertiary alicyclic amines) is 1. The summed E-state index contributed by atoms with van der Waals surface area (Å²) in [6.45, 7) is 0.906. The van der Waals surface area contributed by atoms with Crippen LogP contribution in [-0.2, 0) is 11.2 Å². The van der Waals surface area contributed by atoms with E-state index in [4.69, 9.17) is 11.7 Å². The van der Waals surface area contributed by atoms with Gasteiger partial charge < -0.3 is 10.2 Å². The molecule has 0 aliphatic carbocycles. The Hall–Kier alpha value is -2.37. The first-order valence-corrected chi connectivity index (χ1v) is 7.02. The average Bonchev–Trinajstić information content (AvgIpc) is 2.95. The van der Waals surface area contributed by atoms with E-state index in [1.54, 1.807) is 17.3 Å². The number of hydrogen-bond donors (Lipinski definition) is 1. The summed E-state index contributed by atoms with van der Waals surface area (Å²) in [5.74, 6) is 2.49. The molecule has 0 aromatic carbocycles. The molecule has 1 saturated heterocycles. The third kappa shape index (κ3) is 3.81. The van der Waals surface area contributed by atoms with Crippen LogP contribution in [0.4, 0.5) is 0 Å². The minimum atomic E-state index is -0.388. The van der Waals surface area contributed by atoms with Gasteiger partial charge in [0.25, 0.3) is 0 Å². The van der Waals surface area contributed by atoms with Crippen LogP contribution in [0.1, 0.15) is 18.4 Å². The van der Waals surface area contributed by atoms with Crippen LogP contribution >= 0.6 is 0 Å². The lowest BCUT2D eigenvalue weighted by atomic mass is 10.2. The molecule has 1 aliphatic rings. The minimum Gasteiger partial charge on any atom is -0.312 e. The van der Waals surface area contributed by atoms with Gasteiger partial charge in [0.1, 0.15) is 6.04 Å². The number of nitrogens with one attached hydrogen (secondary N) is 1. The summed E-state index contributed by atoms with van der Waals surface area (Å²) in [7, 11) is 0. The highest BCUT2D eigenvalue weighted by Crippen LogP contribution is 2.23. The smallest absolute Gasteiger partial charge is 0.238 e. The normalized spacial score (nSPS) is 20.8. The number of nitrogens with zero attached hydrogens (tertiary/aromatic N) is 3. The molecule has 0 radical (unpaired) electrons. The Bertz CT molecular complexity index is 536. The van der Waals surface area contributed by atoms with E-state index in [9.17, 15) is 4.79 Å². The Labute approximate surface area is 125 Å². The number of amides is 1. The van der Waals surface area contributed by atoms with Crippen molar-refractivity contribution in [2.24, 2.45) is 0 Å². The van der Waals surface area contributed by atoms with E-state index in [1.165, 1.54) is 5.56 Å². The van der Waals surface area contributed by atoms with Crippen LogP contribution < -0.4 is 5.32 Å². The van der Waals surface area contributed by atoms with Gasteiger partial charge in [0.2, 0.25) is 5.91 Å². The molecule has 1 amide bonds. The molecule has 5 heteroatoms. The van der Waals surface area contributed by atoms with Gasteiger partial charge in [0.05, 0.1) is 18.7 Å². The van der Waals surface area contributed by atoms with Gasteiger partial charge in [-0.1, -0.05) is 5.92 Å². The van der Waals surface area contributed by atoms with Crippen molar-refractivity contribution >= 4 is 5.91 Å². The monoisotopic (exact) mass is 282 g/mol. The molecule has 0 bridgehead atoms. The zero-order valence-corrected chi connectivity index (χ0v) is 11.8. The van der Waals surface area contributed by atoms with Crippen molar-refractivity contribution in [2.75, 3.05) is 13.1 Å². The molecule has 1 fully saturated rings. The van der Waals surface area contributed by atoms with Crippen molar-refractivity contribution in [3.63, 3.8) is 0 Å². The van der Waals surface area contributed by atoms with Gasteiger partial charge in [-0.25, -0.2) is 0 Å². The Morgan fingerprint density at radius 1 is 1.43 bits per heavy atom. The van der Waals surface area contributed by atoms with Crippen LogP contribution in [0, 0.1) is 23.7 Å². The van der Waals surface area contributed by atoms with Crippen LogP contribution in [0.2, 0.25) is 0 Å². The maximum absolute atomic E-state index is 12.2. The van der Waals surface area contributed by atoms with Crippen molar-refractivity contribution in [2.45, 2.75) is 31.3 Å². The van der Waals surface area contributed by atoms with E-state index in [0.717, 1.165) is 6.42 Å². The largest absolute Gasteiger partial charge is 0.312 e. The molecule has 21 heavy (non-hydrogen) atoms. The van der Waals surface area contributed by atoms with Gasteiger partial charge in [0.15, 0.2) is 0 Å². The lowest BCUT2D eigenvalue weighted by Gasteiger charge is -2.24. The van der Waals surface area contributed by atoms with Gasteiger partial charge in [-0.3, -0.25) is 9.78 Å². The number of rotatable bonds is 5. The summed E-state index contributed by atoms with van der Waals surface area (Å²) in [6.07, 6.45) is 11.1. The SMILES string of the molecule is C#CC1CCC(C#N)N1C(=O)CNCCc1ccncc1. The molecule has 2 heterocycles. The van der Waals surface area contributed by atoms with Crippen molar-refractivity contribution in [3.8, 4) is 18.4 Å². The van der Waals surface area contributed by atoms with Crippen molar-refractivity contribution in [3.05, 3.63) is 30.1 Å². The second kappa shape index (κ2) is 7.42. The van der Waals surface area contributed by atoms with Crippen LogP contribution in [0.15, 0.2) is 24.5 Å². The van der Waals surface area contributed by atoms with Crippen molar-refractivity contribution in [1.82, 2.24) is 15.2 Å². The standard InChI is InChI=1S/C16H18N4O/c1-2-14-3-4-15(11-17)20(14)16(21)12-19-10-7-13-5-8-18-9-6-13/h1,5-6,8-9,14-15,19H,3-4,7,10,12H2. The third-order valence-corrected chi connectivity index (χ3v) is 3.63. The number of terminal acetylenes is 1. The second-order valence-corrected chi connectivity index (χ2v) is 4.99. The molecule has 0 spiro atoms. The molecule has 1 aromatic rings. The molecule has 1 aromatic heterocycles. The van der Waals surface area contributed by atoms with E-state index >= 15 is 0 Å². The number of pyridine rings is 1. The van der Waals surface area contributed by atoms with Gasteiger partial charge in [-0.15, -0.1) is 6.42 Å². The maximum Gasteiger partial charge on any atom is 0.238 e. The van der Waals surface area contributed by atoms with Gasteiger partial charge in [-0.2, -0.15) is 5.26 Å². The fourth-order valence-corrected chi connectivity index (χ4v) is 2.52. The first kappa shape index (κ1) is 15.0. The van der Waals surface area contributed by atoms with E-state index in [2.05, 4.69) is 22.3 Å². The topological polar surface area (TPSA) is 69.0 Å². The Morgan fingerprint density at radius 2 is 2.14 bits per heavy atom. The van der Waals surface area contributed by atoms with E-state index in [-0.39, 0.29) is 24.5 Å². The summed E-state index contributed by atoms with van der Waals surface area (Å²) in [6, 6.07) is 5.41. The zero-order chi connectivity index (χ0) is 15.1. The molecular formula is C16H18N4O. The molecule has 2 atom stereocenters. The molecule has 108 valence electrons. The average molecular weight is 282 g/mol. The Morgan fingerprint density at radius 3 is 2.81 bits per heavy atom. The van der Waals surface area contributed by atoms with Crippen LogP contribution in [-0.4, -0.2) is 41.0 Å². The van der Waals surface area contributed by atoms with Crippen LogP contribution in [0.3, 0.4) is 0 Å². The second-order valence-electron chi connectivity index (χ2n) is 4.99. The fourth-order valence-electron chi connectivity index (χ4n) is 2.52. The van der Waals surface area contributed by atoms with Crippen molar-refractivity contribution in [1.29, 1.82) is 5.26 Å². The molecule has 2 rings (SSSR count). The number of carbonyl (C=O) groups is 1. The first-order valence-electron chi connectivity index (χ1n) is 7.02. The predicted molar refractivity (Wildman–Crippen MR) is 78.9 cm³/mol. The highest BCUT2D eigenvalue weighted by atomic mass is 16.2. The fraction of sp³-hybridized carbons (Fsp3) is 0.438. The van der Waals surface area contributed by atoms with Gasteiger partial charge in [-0.05, 0) is 43.5 Å². The zero-order valence-electron chi connectivity index (χ0n) is 11.8.